The van der Waals surface area contributed by atoms with Crippen LogP contribution in [0.15, 0.2) is 51.3 Å². The van der Waals surface area contributed by atoms with Gasteiger partial charge in [0.05, 0.1) is 16.8 Å². The molecule has 0 aliphatic rings. The van der Waals surface area contributed by atoms with Gasteiger partial charge in [-0.05, 0) is 19.1 Å². The molecule has 0 unspecified atom stereocenters. The molecule has 2 heterocycles. The van der Waals surface area contributed by atoms with E-state index in [1.54, 1.807) is 18.3 Å². The number of aromatic nitrogens is 1. The third kappa shape index (κ3) is 3.61. The van der Waals surface area contributed by atoms with Crippen LogP contribution in [0.2, 0.25) is 0 Å². The van der Waals surface area contributed by atoms with E-state index in [-0.39, 0.29) is 5.69 Å². The van der Waals surface area contributed by atoms with E-state index >= 15 is 0 Å². The topological polar surface area (TPSA) is 93.6 Å². The zero-order valence-electron chi connectivity index (χ0n) is 12.1. The Morgan fingerprint density at radius 3 is 3.00 bits per heavy atom. The summed E-state index contributed by atoms with van der Waals surface area (Å²) in [5, 5.41) is 17.3. The van der Waals surface area contributed by atoms with Gasteiger partial charge in [-0.2, -0.15) is 5.10 Å². The van der Waals surface area contributed by atoms with Crippen LogP contribution in [-0.4, -0.2) is 16.1 Å². The van der Waals surface area contributed by atoms with Crippen molar-refractivity contribution in [3.05, 3.63) is 63.4 Å². The summed E-state index contributed by atoms with van der Waals surface area (Å²) in [5.41, 5.74) is 4.20. The first-order chi connectivity index (χ1) is 11.1. The van der Waals surface area contributed by atoms with E-state index in [9.17, 15) is 10.1 Å². The molecule has 0 radical (unpaired) electrons. The Hall–Kier alpha value is -3.00. The minimum Gasteiger partial charge on any atom is -0.460 e. The van der Waals surface area contributed by atoms with Crippen molar-refractivity contribution < 1.29 is 9.34 Å². The van der Waals surface area contributed by atoms with Gasteiger partial charge in [0.25, 0.3) is 5.69 Å². The number of nitro benzene ring substituents is 1. The predicted molar refractivity (Wildman–Crippen MR) is 88.9 cm³/mol. The summed E-state index contributed by atoms with van der Waals surface area (Å²) in [5.74, 6) is 1.46. The van der Waals surface area contributed by atoms with Gasteiger partial charge >= 0.3 is 0 Å². The van der Waals surface area contributed by atoms with Gasteiger partial charge in [-0.25, -0.2) is 4.98 Å². The maximum atomic E-state index is 10.8. The highest BCUT2D eigenvalue weighted by molar-refractivity contribution is 7.14. The van der Waals surface area contributed by atoms with E-state index in [1.807, 2.05) is 24.4 Å². The molecule has 3 rings (SSSR count). The normalized spacial score (nSPS) is 11.0. The van der Waals surface area contributed by atoms with E-state index in [0.29, 0.717) is 22.1 Å². The monoisotopic (exact) mass is 328 g/mol. The summed E-state index contributed by atoms with van der Waals surface area (Å²) >= 11 is 1.36. The van der Waals surface area contributed by atoms with Crippen LogP contribution in [0.3, 0.4) is 0 Å². The lowest BCUT2D eigenvalue weighted by Crippen LogP contribution is -1.90. The van der Waals surface area contributed by atoms with Gasteiger partial charge in [0.15, 0.2) is 0 Å². The lowest BCUT2D eigenvalue weighted by molar-refractivity contribution is -0.384. The highest BCUT2D eigenvalue weighted by Crippen LogP contribution is 2.27. The summed E-state index contributed by atoms with van der Waals surface area (Å²) in [6, 6.07) is 10.0. The third-order valence-electron chi connectivity index (χ3n) is 2.97. The first kappa shape index (κ1) is 14.9. The second kappa shape index (κ2) is 6.41. The Kier molecular flexibility index (Phi) is 4.15. The van der Waals surface area contributed by atoms with Crippen molar-refractivity contribution in [2.24, 2.45) is 5.10 Å². The van der Waals surface area contributed by atoms with Crippen molar-refractivity contribution in [2.75, 3.05) is 5.43 Å². The van der Waals surface area contributed by atoms with Gasteiger partial charge in [-0.3, -0.25) is 15.5 Å². The van der Waals surface area contributed by atoms with Gasteiger partial charge in [0, 0.05) is 23.1 Å². The first-order valence-corrected chi connectivity index (χ1v) is 7.55. The molecule has 0 amide bonds. The summed E-state index contributed by atoms with van der Waals surface area (Å²) in [4.78, 5) is 14.7. The molecular weight excluding hydrogens is 316 g/mol. The lowest BCUT2D eigenvalue weighted by Gasteiger charge is -1.96. The fourth-order valence-electron chi connectivity index (χ4n) is 1.91. The van der Waals surface area contributed by atoms with E-state index in [2.05, 4.69) is 15.5 Å². The molecule has 0 bridgehead atoms. The van der Waals surface area contributed by atoms with Crippen molar-refractivity contribution in [3.8, 4) is 11.3 Å². The summed E-state index contributed by atoms with van der Waals surface area (Å²) < 4.78 is 5.36. The molecule has 0 aliphatic heterocycles. The Morgan fingerprint density at radius 1 is 1.39 bits per heavy atom. The molecule has 0 aliphatic carbocycles. The van der Waals surface area contributed by atoms with Crippen molar-refractivity contribution in [2.45, 2.75) is 6.92 Å². The van der Waals surface area contributed by atoms with Crippen LogP contribution in [-0.2, 0) is 0 Å². The summed E-state index contributed by atoms with van der Waals surface area (Å²) in [7, 11) is 0. The number of nitrogens with zero attached hydrogens (tertiary/aromatic N) is 3. The fraction of sp³-hybridized carbons (Fsp3) is 0.0667. The number of benzene rings is 1. The predicted octanol–water partition coefficient (Wildman–Crippen LogP) is 4.07. The van der Waals surface area contributed by atoms with Gasteiger partial charge in [-0.15, -0.1) is 11.3 Å². The van der Waals surface area contributed by atoms with Crippen molar-refractivity contribution in [1.82, 2.24) is 4.98 Å². The average Bonchev–Trinajstić information content (AvgIpc) is 3.17. The standard InChI is InChI=1S/C15H12N4O3S/c1-10-5-6-13(22-10)8-16-18-15-17-14(9-23-15)11-3-2-4-12(7-11)19(20)21/h2-9H,1H3,(H,17,18)/b16-8+. The fourth-order valence-corrected chi connectivity index (χ4v) is 2.58. The SMILES string of the molecule is Cc1ccc(/C=N/Nc2nc(-c3cccc([N+](=O)[O-])c3)cs2)o1. The molecule has 0 atom stereocenters. The quantitative estimate of drug-likeness (QED) is 0.433. The number of nitro groups is 1. The van der Waals surface area contributed by atoms with Crippen molar-refractivity contribution in [1.29, 1.82) is 0 Å². The zero-order valence-corrected chi connectivity index (χ0v) is 12.9. The van der Waals surface area contributed by atoms with Crippen LogP contribution in [0.5, 0.6) is 0 Å². The molecule has 8 heteroatoms. The third-order valence-corrected chi connectivity index (χ3v) is 3.72. The highest BCUT2D eigenvalue weighted by Gasteiger charge is 2.09. The average molecular weight is 328 g/mol. The number of hydrogen-bond acceptors (Lipinski definition) is 7. The van der Waals surface area contributed by atoms with Gasteiger partial charge in [0.1, 0.15) is 11.5 Å². The van der Waals surface area contributed by atoms with Gasteiger partial charge < -0.3 is 4.42 Å². The lowest BCUT2D eigenvalue weighted by atomic mass is 10.1. The number of non-ortho nitro benzene ring substituents is 1. The van der Waals surface area contributed by atoms with Crippen LogP contribution < -0.4 is 5.43 Å². The Labute approximate surface area is 135 Å². The minimum atomic E-state index is -0.426. The molecular formula is C15H12N4O3S. The Bertz CT molecular complexity index is 869. The molecule has 1 aromatic carbocycles. The number of furan rings is 1. The molecule has 7 nitrogen and oxygen atoms in total. The summed E-state index contributed by atoms with van der Waals surface area (Å²) in [6.07, 6.45) is 1.56. The molecule has 0 saturated heterocycles. The molecule has 0 saturated carbocycles. The molecule has 116 valence electrons. The Balaban J connectivity index is 1.72. The van der Waals surface area contributed by atoms with Crippen molar-refractivity contribution in [3.63, 3.8) is 0 Å². The number of thiazole rings is 1. The Morgan fingerprint density at radius 2 is 2.26 bits per heavy atom. The highest BCUT2D eigenvalue weighted by atomic mass is 32.1. The number of rotatable bonds is 5. The van der Waals surface area contributed by atoms with Crippen LogP contribution in [0.4, 0.5) is 10.8 Å². The zero-order chi connectivity index (χ0) is 16.2. The van der Waals surface area contributed by atoms with Crippen LogP contribution >= 0.6 is 11.3 Å². The number of hydrogen-bond donors (Lipinski definition) is 1. The largest absolute Gasteiger partial charge is 0.460 e. The molecule has 0 spiro atoms. The number of hydrazone groups is 1. The number of aryl methyl sites for hydroxylation is 1. The second-order valence-electron chi connectivity index (χ2n) is 4.66. The summed E-state index contributed by atoms with van der Waals surface area (Å²) in [6.45, 7) is 1.86. The molecule has 0 fully saturated rings. The van der Waals surface area contributed by atoms with Crippen LogP contribution in [0, 0.1) is 17.0 Å². The molecule has 23 heavy (non-hydrogen) atoms. The van der Waals surface area contributed by atoms with Crippen molar-refractivity contribution >= 4 is 28.4 Å². The number of nitrogens with one attached hydrogen (secondary N) is 1. The van der Waals surface area contributed by atoms with E-state index in [4.69, 9.17) is 4.42 Å². The minimum absolute atomic E-state index is 0.0382. The van der Waals surface area contributed by atoms with E-state index < -0.39 is 4.92 Å². The number of anilines is 1. The molecule has 2 aromatic heterocycles. The van der Waals surface area contributed by atoms with Crippen LogP contribution in [0.25, 0.3) is 11.3 Å². The molecule has 1 N–H and O–H groups in total. The van der Waals surface area contributed by atoms with Gasteiger partial charge in [0.2, 0.25) is 5.13 Å². The smallest absolute Gasteiger partial charge is 0.270 e. The van der Waals surface area contributed by atoms with E-state index in [0.717, 1.165) is 5.76 Å². The molecule has 3 aromatic rings. The van der Waals surface area contributed by atoms with Crippen LogP contribution in [0.1, 0.15) is 11.5 Å². The second-order valence-corrected chi connectivity index (χ2v) is 5.52. The first-order valence-electron chi connectivity index (χ1n) is 6.68. The van der Waals surface area contributed by atoms with E-state index in [1.165, 1.54) is 23.5 Å². The van der Waals surface area contributed by atoms with Gasteiger partial charge in [-0.1, -0.05) is 12.1 Å². The maximum absolute atomic E-state index is 10.8. The maximum Gasteiger partial charge on any atom is 0.270 e.